The molecule has 0 aromatic carbocycles. The van der Waals surface area contributed by atoms with Gasteiger partial charge in [0.25, 0.3) is 0 Å². The molecular formula is C11H19NO4. The lowest BCUT2D eigenvalue weighted by atomic mass is 10.0. The number of nitrogens with one attached hydrogen (secondary N) is 1. The molecule has 1 fully saturated rings. The number of ether oxygens (including phenoxy) is 1. The van der Waals surface area contributed by atoms with Crippen LogP contribution in [-0.4, -0.2) is 37.2 Å². The number of amides is 1. The Morgan fingerprint density at radius 2 is 2.06 bits per heavy atom. The molecule has 0 saturated heterocycles. The average Bonchev–Trinajstić information content (AvgIpc) is 2.73. The Hall–Kier alpha value is -1.10. The van der Waals surface area contributed by atoms with Crippen molar-refractivity contribution < 1.29 is 19.4 Å². The quantitative estimate of drug-likeness (QED) is 0.655. The first-order valence-electron chi connectivity index (χ1n) is 5.64. The number of carboxylic acid groups (broad SMARTS) is 1. The van der Waals surface area contributed by atoms with Crippen LogP contribution in [-0.2, 0) is 14.3 Å². The van der Waals surface area contributed by atoms with Gasteiger partial charge in [0, 0.05) is 26.2 Å². The van der Waals surface area contributed by atoms with E-state index in [-0.39, 0.29) is 17.7 Å². The molecule has 0 bridgehead atoms. The van der Waals surface area contributed by atoms with Crippen LogP contribution in [0.2, 0.25) is 0 Å². The van der Waals surface area contributed by atoms with Gasteiger partial charge in [0.05, 0.1) is 5.92 Å². The molecule has 2 atom stereocenters. The Balaban J connectivity index is 2.20. The molecular weight excluding hydrogens is 210 g/mol. The summed E-state index contributed by atoms with van der Waals surface area (Å²) < 4.78 is 4.87. The molecule has 1 saturated carbocycles. The number of carbonyl (C=O) groups is 2. The van der Waals surface area contributed by atoms with Crippen LogP contribution in [0.4, 0.5) is 0 Å². The van der Waals surface area contributed by atoms with Crippen LogP contribution in [0.5, 0.6) is 0 Å². The summed E-state index contributed by atoms with van der Waals surface area (Å²) in [5.74, 6) is -1.26. The first-order valence-corrected chi connectivity index (χ1v) is 5.64. The van der Waals surface area contributed by atoms with E-state index in [0.29, 0.717) is 32.4 Å². The number of aliphatic carboxylic acids is 1. The van der Waals surface area contributed by atoms with E-state index in [4.69, 9.17) is 9.84 Å². The monoisotopic (exact) mass is 229 g/mol. The summed E-state index contributed by atoms with van der Waals surface area (Å²) in [6.07, 6.45) is 2.57. The maximum Gasteiger partial charge on any atom is 0.306 e. The van der Waals surface area contributed by atoms with Crippen LogP contribution in [0.15, 0.2) is 0 Å². The second kappa shape index (κ2) is 6.48. The third-order valence-electron chi connectivity index (χ3n) is 2.98. The SMILES string of the molecule is COCCCNC(=O)[C@@H]1CC[C@H](C(=O)O)C1. The van der Waals surface area contributed by atoms with Crippen molar-refractivity contribution in [2.45, 2.75) is 25.7 Å². The van der Waals surface area contributed by atoms with Gasteiger partial charge in [-0.2, -0.15) is 0 Å². The van der Waals surface area contributed by atoms with Crippen molar-refractivity contribution in [1.29, 1.82) is 0 Å². The minimum Gasteiger partial charge on any atom is -0.481 e. The zero-order valence-corrected chi connectivity index (χ0v) is 9.57. The molecule has 16 heavy (non-hydrogen) atoms. The van der Waals surface area contributed by atoms with E-state index in [0.717, 1.165) is 6.42 Å². The molecule has 0 radical (unpaired) electrons. The summed E-state index contributed by atoms with van der Waals surface area (Å²) in [6, 6.07) is 0. The van der Waals surface area contributed by atoms with Crippen LogP contribution in [0.3, 0.4) is 0 Å². The van der Waals surface area contributed by atoms with Crippen LogP contribution in [0.1, 0.15) is 25.7 Å². The Bertz CT molecular complexity index is 254. The van der Waals surface area contributed by atoms with E-state index in [2.05, 4.69) is 5.32 Å². The molecule has 5 heteroatoms. The fourth-order valence-electron chi connectivity index (χ4n) is 2.02. The van der Waals surface area contributed by atoms with E-state index in [1.54, 1.807) is 7.11 Å². The van der Waals surface area contributed by atoms with Gasteiger partial charge in [-0.1, -0.05) is 0 Å². The van der Waals surface area contributed by atoms with Gasteiger partial charge in [0.1, 0.15) is 0 Å². The third-order valence-corrected chi connectivity index (χ3v) is 2.98. The normalized spacial score (nSPS) is 24.3. The van der Waals surface area contributed by atoms with E-state index in [9.17, 15) is 9.59 Å². The zero-order valence-electron chi connectivity index (χ0n) is 9.57. The highest BCUT2D eigenvalue weighted by atomic mass is 16.5. The molecule has 0 aromatic heterocycles. The molecule has 1 rings (SSSR count). The first-order chi connectivity index (χ1) is 7.65. The summed E-state index contributed by atoms with van der Waals surface area (Å²) in [6.45, 7) is 1.23. The second-order valence-electron chi connectivity index (χ2n) is 4.18. The Morgan fingerprint density at radius 1 is 1.38 bits per heavy atom. The molecule has 5 nitrogen and oxygen atoms in total. The summed E-state index contributed by atoms with van der Waals surface area (Å²) in [5.41, 5.74) is 0. The highest BCUT2D eigenvalue weighted by molar-refractivity contribution is 5.80. The van der Waals surface area contributed by atoms with Crippen LogP contribution in [0, 0.1) is 11.8 Å². The predicted octanol–water partition coefficient (Wildman–Crippen LogP) is 0.640. The number of hydrogen-bond donors (Lipinski definition) is 2. The predicted molar refractivity (Wildman–Crippen MR) is 58.0 cm³/mol. The van der Waals surface area contributed by atoms with Crippen molar-refractivity contribution in [1.82, 2.24) is 5.32 Å². The number of carbonyl (C=O) groups excluding carboxylic acids is 1. The summed E-state index contributed by atoms with van der Waals surface area (Å²) >= 11 is 0. The van der Waals surface area contributed by atoms with Gasteiger partial charge in [-0.15, -0.1) is 0 Å². The molecule has 0 unspecified atom stereocenters. The highest BCUT2D eigenvalue weighted by Gasteiger charge is 2.33. The molecule has 92 valence electrons. The summed E-state index contributed by atoms with van der Waals surface area (Å²) in [4.78, 5) is 22.4. The second-order valence-corrected chi connectivity index (χ2v) is 4.18. The average molecular weight is 229 g/mol. The minimum absolute atomic E-state index is 0.0140. The molecule has 1 aliphatic rings. The Kier molecular flexibility index (Phi) is 5.25. The summed E-state index contributed by atoms with van der Waals surface area (Å²) in [7, 11) is 1.62. The molecule has 0 aromatic rings. The molecule has 2 N–H and O–H groups in total. The third kappa shape index (κ3) is 3.81. The van der Waals surface area contributed by atoms with Crippen LogP contribution in [0.25, 0.3) is 0 Å². The number of carboxylic acids is 1. The van der Waals surface area contributed by atoms with Gasteiger partial charge in [-0.05, 0) is 25.7 Å². The topological polar surface area (TPSA) is 75.6 Å². The van der Waals surface area contributed by atoms with Crippen molar-refractivity contribution in [3.8, 4) is 0 Å². The van der Waals surface area contributed by atoms with E-state index >= 15 is 0 Å². The maximum atomic E-state index is 11.6. The lowest BCUT2D eigenvalue weighted by Gasteiger charge is -2.10. The van der Waals surface area contributed by atoms with Gasteiger partial charge in [0.2, 0.25) is 5.91 Å². The van der Waals surface area contributed by atoms with Gasteiger partial charge in [-0.3, -0.25) is 9.59 Å². The summed E-state index contributed by atoms with van der Waals surface area (Å²) in [5, 5.41) is 11.6. The maximum absolute atomic E-state index is 11.6. The highest BCUT2D eigenvalue weighted by Crippen LogP contribution is 2.30. The Labute approximate surface area is 95.2 Å². The lowest BCUT2D eigenvalue weighted by Crippen LogP contribution is -2.31. The van der Waals surface area contributed by atoms with Crippen molar-refractivity contribution >= 4 is 11.9 Å². The Morgan fingerprint density at radius 3 is 2.62 bits per heavy atom. The fraction of sp³-hybridized carbons (Fsp3) is 0.818. The van der Waals surface area contributed by atoms with Crippen molar-refractivity contribution in [3.05, 3.63) is 0 Å². The fourth-order valence-corrected chi connectivity index (χ4v) is 2.02. The molecule has 0 heterocycles. The number of hydrogen-bond acceptors (Lipinski definition) is 3. The van der Waals surface area contributed by atoms with Gasteiger partial charge >= 0.3 is 5.97 Å². The van der Waals surface area contributed by atoms with Crippen molar-refractivity contribution in [2.75, 3.05) is 20.3 Å². The number of methoxy groups -OCH3 is 1. The zero-order chi connectivity index (χ0) is 12.0. The smallest absolute Gasteiger partial charge is 0.306 e. The van der Waals surface area contributed by atoms with Crippen LogP contribution < -0.4 is 5.32 Å². The van der Waals surface area contributed by atoms with E-state index < -0.39 is 5.97 Å². The van der Waals surface area contributed by atoms with Gasteiger partial charge < -0.3 is 15.2 Å². The molecule has 0 aliphatic heterocycles. The van der Waals surface area contributed by atoms with E-state index in [1.165, 1.54) is 0 Å². The molecule has 1 aliphatic carbocycles. The van der Waals surface area contributed by atoms with Gasteiger partial charge in [0.15, 0.2) is 0 Å². The minimum atomic E-state index is -0.783. The van der Waals surface area contributed by atoms with E-state index in [1.807, 2.05) is 0 Å². The molecule has 1 amide bonds. The standard InChI is InChI=1S/C11H19NO4/c1-16-6-2-5-12-10(13)8-3-4-9(7-8)11(14)15/h8-9H,2-7H2,1H3,(H,12,13)(H,14,15)/t8-,9+/m1/s1. The number of rotatable bonds is 6. The largest absolute Gasteiger partial charge is 0.481 e. The van der Waals surface area contributed by atoms with Crippen molar-refractivity contribution in [2.24, 2.45) is 11.8 Å². The van der Waals surface area contributed by atoms with Gasteiger partial charge in [-0.25, -0.2) is 0 Å². The van der Waals surface area contributed by atoms with Crippen LogP contribution >= 0.6 is 0 Å². The lowest BCUT2D eigenvalue weighted by molar-refractivity contribution is -0.141. The van der Waals surface area contributed by atoms with Crippen molar-refractivity contribution in [3.63, 3.8) is 0 Å². The first kappa shape index (κ1) is 13.0. The molecule has 0 spiro atoms.